The summed E-state index contributed by atoms with van der Waals surface area (Å²) in [5.74, 6) is 1.40. The monoisotopic (exact) mass is 194 g/mol. The summed E-state index contributed by atoms with van der Waals surface area (Å²) in [7, 11) is -0.459. The summed E-state index contributed by atoms with van der Waals surface area (Å²) in [6.07, 6.45) is 6.21. The van der Waals surface area contributed by atoms with Crippen LogP contribution in [0.5, 0.6) is 0 Å². The number of benzene rings is 1. The van der Waals surface area contributed by atoms with Crippen LogP contribution in [0.2, 0.25) is 0 Å². The fourth-order valence-electron chi connectivity index (χ4n) is 2.38. The average molecular weight is 194 g/mol. The van der Waals surface area contributed by atoms with Crippen molar-refractivity contribution in [2.24, 2.45) is 0 Å². The lowest BCUT2D eigenvalue weighted by atomic mass is 10.0. The number of hydrogen-bond acceptors (Lipinski definition) is 0. The lowest BCUT2D eigenvalue weighted by molar-refractivity contribution is 1.09. The van der Waals surface area contributed by atoms with Crippen LogP contribution in [0.4, 0.5) is 0 Å². The minimum absolute atomic E-state index is 0.459. The molecule has 1 aliphatic heterocycles. The fourth-order valence-corrected chi connectivity index (χ4v) is 5.17. The van der Waals surface area contributed by atoms with Gasteiger partial charge in [-0.25, -0.2) is 10.0 Å². The Balaban J connectivity index is 2.70. The first-order valence-electron chi connectivity index (χ1n) is 4.82. The first kappa shape index (κ1) is 9.14. The van der Waals surface area contributed by atoms with E-state index in [2.05, 4.69) is 38.5 Å². The van der Waals surface area contributed by atoms with Crippen LogP contribution in [0.25, 0.3) is 0 Å². The van der Waals surface area contributed by atoms with Crippen molar-refractivity contribution in [2.45, 2.75) is 25.2 Å². The maximum absolute atomic E-state index is 2.45. The molecule has 0 atom stereocenters. The Morgan fingerprint density at radius 1 is 1.08 bits per heavy atom. The maximum Gasteiger partial charge on any atom is -0.00392 e. The van der Waals surface area contributed by atoms with E-state index in [1.165, 1.54) is 23.3 Å². The van der Waals surface area contributed by atoms with Gasteiger partial charge in [-0.1, -0.05) is 12.1 Å². The van der Waals surface area contributed by atoms with Crippen LogP contribution in [0.15, 0.2) is 17.0 Å². The molecular weight excluding hydrogens is 176 g/mol. The van der Waals surface area contributed by atoms with Gasteiger partial charge >= 0.3 is 0 Å². The third kappa shape index (κ3) is 1.30. The SMILES string of the molecule is Cc1ccc(C)c2c1CCS2(C)C. The average Bonchev–Trinajstić information content (AvgIpc) is 2.36. The highest BCUT2D eigenvalue weighted by Crippen LogP contribution is 2.57. The quantitative estimate of drug-likeness (QED) is 0.594. The van der Waals surface area contributed by atoms with Gasteiger partial charge in [-0.05, 0) is 60.1 Å². The molecule has 0 bridgehead atoms. The molecule has 0 aliphatic carbocycles. The molecule has 0 aromatic heterocycles. The molecular formula is C12H18S. The maximum atomic E-state index is 2.45. The first-order chi connectivity index (χ1) is 6.02. The van der Waals surface area contributed by atoms with E-state index in [-0.39, 0.29) is 0 Å². The number of aryl methyl sites for hydroxylation is 2. The van der Waals surface area contributed by atoms with Crippen molar-refractivity contribution >= 4 is 10.0 Å². The van der Waals surface area contributed by atoms with Gasteiger partial charge in [0.05, 0.1) is 0 Å². The van der Waals surface area contributed by atoms with Gasteiger partial charge < -0.3 is 0 Å². The lowest BCUT2D eigenvalue weighted by Gasteiger charge is -2.28. The molecule has 1 aromatic rings. The largest absolute Gasteiger partial charge is 0.220 e. The summed E-state index contributed by atoms with van der Waals surface area (Å²) < 4.78 is 0. The number of rotatable bonds is 0. The first-order valence-corrected chi connectivity index (χ1v) is 7.44. The van der Waals surface area contributed by atoms with Crippen molar-refractivity contribution in [1.29, 1.82) is 0 Å². The molecule has 0 nitrogen and oxygen atoms in total. The second-order valence-electron chi connectivity index (χ2n) is 4.50. The number of hydrogen-bond donors (Lipinski definition) is 0. The predicted octanol–water partition coefficient (Wildman–Crippen LogP) is 3.28. The molecule has 1 aromatic carbocycles. The third-order valence-corrected chi connectivity index (χ3v) is 6.00. The predicted molar refractivity (Wildman–Crippen MR) is 62.2 cm³/mol. The summed E-state index contributed by atoms with van der Waals surface area (Å²) in [5.41, 5.74) is 4.66. The van der Waals surface area contributed by atoms with Crippen LogP contribution in [0.1, 0.15) is 16.7 Å². The Bertz CT molecular complexity index is 350. The second-order valence-corrected chi connectivity index (χ2v) is 8.39. The van der Waals surface area contributed by atoms with E-state index >= 15 is 0 Å². The summed E-state index contributed by atoms with van der Waals surface area (Å²) in [6.45, 7) is 4.51. The van der Waals surface area contributed by atoms with E-state index in [0.29, 0.717) is 0 Å². The van der Waals surface area contributed by atoms with E-state index in [0.717, 1.165) is 0 Å². The Morgan fingerprint density at radius 3 is 2.31 bits per heavy atom. The summed E-state index contributed by atoms with van der Waals surface area (Å²) >= 11 is 0. The topological polar surface area (TPSA) is 0 Å². The molecule has 0 saturated heterocycles. The lowest BCUT2D eigenvalue weighted by Crippen LogP contribution is -1.96. The van der Waals surface area contributed by atoms with Gasteiger partial charge in [0.1, 0.15) is 0 Å². The Morgan fingerprint density at radius 2 is 1.69 bits per heavy atom. The summed E-state index contributed by atoms with van der Waals surface area (Å²) in [4.78, 5) is 1.70. The van der Waals surface area contributed by atoms with Gasteiger partial charge in [0.2, 0.25) is 0 Å². The van der Waals surface area contributed by atoms with E-state index in [1.54, 1.807) is 10.5 Å². The molecule has 1 heteroatoms. The normalized spacial score (nSPS) is 21.2. The van der Waals surface area contributed by atoms with Crippen LogP contribution in [0.3, 0.4) is 0 Å². The standard InChI is InChI=1S/C12H18S/c1-9-5-6-10(2)12-11(9)7-8-13(12,3)4/h5-6H,7-8H2,1-4H3. The molecule has 0 spiro atoms. The molecule has 0 N–H and O–H groups in total. The molecule has 0 amide bonds. The molecule has 2 rings (SSSR count). The van der Waals surface area contributed by atoms with Crippen LogP contribution >= 0.6 is 10.0 Å². The molecule has 0 unspecified atom stereocenters. The smallest absolute Gasteiger partial charge is 0.00392 e. The van der Waals surface area contributed by atoms with E-state index in [9.17, 15) is 0 Å². The molecule has 1 aliphatic rings. The Labute approximate surface area is 82.7 Å². The van der Waals surface area contributed by atoms with Crippen molar-refractivity contribution in [3.63, 3.8) is 0 Å². The Hall–Kier alpha value is -0.430. The molecule has 0 radical (unpaired) electrons. The van der Waals surface area contributed by atoms with Crippen molar-refractivity contribution in [3.05, 3.63) is 28.8 Å². The van der Waals surface area contributed by atoms with E-state index in [4.69, 9.17) is 0 Å². The molecule has 0 saturated carbocycles. The van der Waals surface area contributed by atoms with Gasteiger partial charge in [-0.15, -0.1) is 0 Å². The van der Waals surface area contributed by atoms with Gasteiger partial charge in [0, 0.05) is 0 Å². The zero-order valence-corrected chi connectivity index (χ0v) is 9.79. The number of fused-ring (bicyclic) bond motifs is 1. The highest BCUT2D eigenvalue weighted by atomic mass is 32.3. The van der Waals surface area contributed by atoms with Gasteiger partial charge in [-0.2, -0.15) is 0 Å². The third-order valence-electron chi connectivity index (χ3n) is 3.11. The van der Waals surface area contributed by atoms with Crippen LogP contribution in [-0.4, -0.2) is 18.3 Å². The van der Waals surface area contributed by atoms with Gasteiger partial charge in [0.25, 0.3) is 0 Å². The summed E-state index contributed by atoms with van der Waals surface area (Å²) in [5, 5.41) is 0. The highest BCUT2D eigenvalue weighted by molar-refractivity contribution is 8.33. The van der Waals surface area contributed by atoms with Crippen molar-refractivity contribution in [3.8, 4) is 0 Å². The zero-order chi connectivity index (χ0) is 9.64. The Kier molecular flexibility index (Phi) is 1.95. The van der Waals surface area contributed by atoms with E-state index < -0.39 is 10.0 Å². The highest BCUT2D eigenvalue weighted by Gasteiger charge is 2.27. The van der Waals surface area contributed by atoms with Crippen LogP contribution in [-0.2, 0) is 6.42 Å². The summed E-state index contributed by atoms with van der Waals surface area (Å²) in [6, 6.07) is 4.56. The molecule has 0 fully saturated rings. The van der Waals surface area contributed by atoms with Crippen molar-refractivity contribution < 1.29 is 0 Å². The van der Waals surface area contributed by atoms with Crippen molar-refractivity contribution in [2.75, 3.05) is 18.3 Å². The van der Waals surface area contributed by atoms with Crippen LogP contribution < -0.4 is 0 Å². The van der Waals surface area contributed by atoms with Gasteiger partial charge in [-0.3, -0.25) is 0 Å². The molecule has 1 heterocycles. The van der Waals surface area contributed by atoms with Crippen LogP contribution in [0, 0.1) is 13.8 Å². The van der Waals surface area contributed by atoms with Gasteiger partial charge in [0.15, 0.2) is 0 Å². The fraction of sp³-hybridized carbons (Fsp3) is 0.500. The minimum Gasteiger partial charge on any atom is -0.220 e. The van der Waals surface area contributed by atoms with Crippen molar-refractivity contribution in [1.82, 2.24) is 0 Å². The molecule has 72 valence electrons. The minimum atomic E-state index is -0.459. The van der Waals surface area contributed by atoms with E-state index in [1.807, 2.05) is 0 Å². The second kappa shape index (κ2) is 2.78. The zero-order valence-electron chi connectivity index (χ0n) is 8.98. The molecule has 13 heavy (non-hydrogen) atoms.